The number of halogens is 1. The molecule has 0 saturated heterocycles. The molecule has 8 nitrogen and oxygen atoms in total. The lowest BCUT2D eigenvalue weighted by Crippen LogP contribution is -2.16. The molecule has 1 unspecified atom stereocenters. The van der Waals surface area contributed by atoms with E-state index >= 15 is 4.39 Å². The summed E-state index contributed by atoms with van der Waals surface area (Å²) in [5, 5.41) is 11.7. The van der Waals surface area contributed by atoms with Gasteiger partial charge in [-0.05, 0) is 106 Å². The summed E-state index contributed by atoms with van der Waals surface area (Å²) in [5.74, 6) is 0.566. The zero-order chi connectivity index (χ0) is 32.1. The average molecular weight is 605 g/mol. The van der Waals surface area contributed by atoms with Crippen LogP contribution in [0.25, 0.3) is 50.4 Å². The molecule has 4 heterocycles. The molecule has 1 atom stereocenters. The quantitative estimate of drug-likeness (QED) is 0.117. The summed E-state index contributed by atoms with van der Waals surface area (Å²) >= 11 is 0. The lowest BCUT2D eigenvalue weighted by molar-refractivity contribution is 0.377. The maximum Gasteiger partial charge on any atom is 0.181 e. The molecule has 4 aromatic heterocycles. The smallest absolute Gasteiger partial charge is 0.181 e. The molecule has 0 aliphatic rings. The largest absolute Gasteiger partial charge is 0.359 e. The first kappa shape index (κ1) is 31.5. The fourth-order valence-electron chi connectivity index (χ4n) is 5.45. The van der Waals surface area contributed by atoms with E-state index in [9.17, 15) is 0 Å². The monoisotopic (exact) mass is 604 g/mol. The number of H-pyrrole nitrogens is 2. The fourth-order valence-corrected chi connectivity index (χ4v) is 5.45. The fraction of sp³-hybridized carbons (Fsp3) is 0.278. The van der Waals surface area contributed by atoms with E-state index in [-0.39, 0.29) is 11.7 Å². The lowest BCUT2D eigenvalue weighted by Gasteiger charge is -2.19. The highest BCUT2D eigenvalue weighted by atomic mass is 19.1. The Kier molecular flexibility index (Phi) is 9.68. The van der Waals surface area contributed by atoms with Gasteiger partial charge in [-0.15, -0.1) is 0 Å². The molecule has 0 fully saturated rings. The zero-order valence-electron chi connectivity index (χ0n) is 26.7. The third kappa shape index (κ3) is 6.94. The maximum absolute atomic E-state index is 15.0. The summed E-state index contributed by atoms with van der Waals surface area (Å²) in [7, 11) is 4.12. The molecule has 0 amide bonds. The molecule has 0 saturated carbocycles. The van der Waals surface area contributed by atoms with Gasteiger partial charge >= 0.3 is 0 Å². The molecule has 5 rings (SSSR count). The van der Waals surface area contributed by atoms with Crippen LogP contribution in [-0.4, -0.2) is 55.7 Å². The highest BCUT2D eigenvalue weighted by Gasteiger charge is 2.19. The number of pyridine rings is 2. The highest BCUT2D eigenvalue weighted by Crippen LogP contribution is 2.34. The molecule has 9 heteroatoms. The predicted molar refractivity (Wildman–Crippen MR) is 183 cm³/mol. The van der Waals surface area contributed by atoms with Crippen molar-refractivity contribution in [1.29, 1.82) is 0 Å². The molecule has 0 spiro atoms. The van der Waals surface area contributed by atoms with Crippen LogP contribution in [0.4, 0.5) is 4.39 Å². The van der Waals surface area contributed by atoms with Gasteiger partial charge in [0.25, 0.3) is 0 Å². The molecular formula is C36H41FN8. The number of nitrogens with zero attached hydrogens (tertiary/aromatic N) is 5. The minimum Gasteiger partial charge on any atom is -0.359 e. The van der Waals surface area contributed by atoms with E-state index in [1.807, 2.05) is 38.1 Å². The standard InChI is InChI=1S/C36H41FN8/c1-8-22(5)40-29(11-4)19-24(10-3)27-20-30-33(43-44-35(30)39-21-27)36-41-31-12-14-38-32(34(31)42-36)26-16-25(17-28(37)18-26)23(9-2)13-15-45(6)7/h10-12,14,16-21,23,40H,4-5,8-9,13,15H2,1-3,6-7H3,(H,41,42)(H,39,43,44)/b24-10+,29-19+. The average Bonchev–Trinajstić information content (AvgIpc) is 3.66. The third-order valence-corrected chi connectivity index (χ3v) is 8.05. The van der Waals surface area contributed by atoms with Crippen molar-refractivity contribution < 1.29 is 4.39 Å². The second kappa shape index (κ2) is 13.8. The molecule has 0 bridgehead atoms. The highest BCUT2D eigenvalue weighted by molar-refractivity contribution is 5.96. The summed E-state index contributed by atoms with van der Waals surface area (Å²) in [5.41, 5.74) is 8.69. The van der Waals surface area contributed by atoms with Gasteiger partial charge in [-0.1, -0.05) is 33.1 Å². The minimum absolute atomic E-state index is 0.245. The number of benzene rings is 1. The van der Waals surface area contributed by atoms with Gasteiger partial charge in [0, 0.05) is 34.9 Å². The molecule has 232 valence electrons. The summed E-state index contributed by atoms with van der Waals surface area (Å²) in [6, 6.07) is 9.16. The van der Waals surface area contributed by atoms with Crippen molar-refractivity contribution in [2.75, 3.05) is 20.6 Å². The predicted octanol–water partition coefficient (Wildman–Crippen LogP) is 8.13. The molecule has 5 aromatic rings. The number of aromatic amines is 2. The van der Waals surface area contributed by atoms with Crippen molar-refractivity contribution in [1.82, 2.24) is 40.3 Å². The van der Waals surface area contributed by atoms with Gasteiger partial charge in [-0.2, -0.15) is 5.10 Å². The Morgan fingerprint density at radius 2 is 1.98 bits per heavy atom. The number of allylic oxidation sites excluding steroid dienone is 5. The van der Waals surface area contributed by atoms with Gasteiger partial charge in [-0.3, -0.25) is 10.1 Å². The van der Waals surface area contributed by atoms with E-state index in [1.54, 1.807) is 24.5 Å². The summed E-state index contributed by atoms with van der Waals surface area (Å²) in [4.78, 5) is 19.8. The van der Waals surface area contributed by atoms with Crippen LogP contribution < -0.4 is 5.32 Å². The van der Waals surface area contributed by atoms with Crippen LogP contribution in [0.2, 0.25) is 0 Å². The van der Waals surface area contributed by atoms with Crippen molar-refractivity contribution in [2.45, 2.75) is 46.0 Å². The number of aromatic nitrogens is 6. The molecule has 45 heavy (non-hydrogen) atoms. The number of hydrogen-bond acceptors (Lipinski definition) is 6. The van der Waals surface area contributed by atoms with E-state index < -0.39 is 0 Å². The van der Waals surface area contributed by atoms with E-state index in [1.165, 1.54) is 6.07 Å². The summed E-state index contributed by atoms with van der Waals surface area (Å²) < 4.78 is 15.0. The van der Waals surface area contributed by atoms with Crippen molar-refractivity contribution in [3.8, 4) is 22.8 Å². The number of hydrogen-bond donors (Lipinski definition) is 3. The third-order valence-electron chi connectivity index (χ3n) is 8.05. The Balaban J connectivity index is 1.54. The van der Waals surface area contributed by atoms with E-state index in [4.69, 9.17) is 4.98 Å². The number of imidazole rings is 1. The van der Waals surface area contributed by atoms with Crippen LogP contribution in [0.3, 0.4) is 0 Å². The molecule has 0 aliphatic heterocycles. The molecule has 1 aromatic carbocycles. The minimum atomic E-state index is -0.277. The van der Waals surface area contributed by atoms with Crippen molar-refractivity contribution >= 4 is 27.6 Å². The number of nitrogens with one attached hydrogen (secondary N) is 3. The Morgan fingerprint density at radius 1 is 1.16 bits per heavy atom. The van der Waals surface area contributed by atoms with Crippen LogP contribution in [0.1, 0.15) is 57.1 Å². The Labute approximate surface area is 263 Å². The zero-order valence-corrected chi connectivity index (χ0v) is 26.7. The molecule has 3 N–H and O–H groups in total. The summed E-state index contributed by atoms with van der Waals surface area (Å²) in [6.45, 7) is 15.1. The van der Waals surface area contributed by atoms with E-state index in [2.05, 4.69) is 75.6 Å². The first-order chi connectivity index (χ1) is 21.7. The van der Waals surface area contributed by atoms with Crippen molar-refractivity contribution in [3.63, 3.8) is 0 Å². The van der Waals surface area contributed by atoms with E-state index in [0.717, 1.165) is 64.8 Å². The van der Waals surface area contributed by atoms with Crippen LogP contribution in [0, 0.1) is 5.82 Å². The van der Waals surface area contributed by atoms with Gasteiger partial charge in [0.1, 0.15) is 17.0 Å². The van der Waals surface area contributed by atoms with Crippen molar-refractivity contribution in [2.24, 2.45) is 0 Å². The number of fused-ring (bicyclic) bond motifs is 2. The van der Waals surface area contributed by atoms with Gasteiger partial charge in [0.05, 0.1) is 16.6 Å². The van der Waals surface area contributed by atoms with Crippen LogP contribution in [-0.2, 0) is 0 Å². The molecule has 0 aliphatic carbocycles. The molecule has 0 radical (unpaired) electrons. The topological polar surface area (TPSA) is 98.4 Å². The Morgan fingerprint density at radius 3 is 2.69 bits per heavy atom. The summed E-state index contributed by atoms with van der Waals surface area (Å²) in [6.07, 6.45) is 12.0. The van der Waals surface area contributed by atoms with E-state index in [0.29, 0.717) is 33.9 Å². The first-order valence-electron chi connectivity index (χ1n) is 15.3. The van der Waals surface area contributed by atoms with Gasteiger partial charge in [-0.25, -0.2) is 14.4 Å². The van der Waals surface area contributed by atoms with Gasteiger partial charge < -0.3 is 15.2 Å². The Bertz CT molecular complexity index is 1910. The van der Waals surface area contributed by atoms with Crippen molar-refractivity contribution in [3.05, 3.63) is 102 Å². The second-order valence-electron chi connectivity index (χ2n) is 11.4. The molecular weight excluding hydrogens is 563 g/mol. The lowest BCUT2D eigenvalue weighted by atomic mass is 9.91. The van der Waals surface area contributed by atoms with Gasteiger partial charge in [0.2, 0.25) is 0 Å². The number of rotatable bonds is 13. The SMILES string of the molecule is C=C/C(=C\C(=C/C)c1cnc2n[nH]c(-c3nc4c(-c5cc(F)cc(C(CC)CCN(C)C)c5)nccc4[nH]3)c2c1)NC(=C)CC. The van der Waals surface area contributed by atoms with Crippen LogP contribution in [0.15, 0.2) is 85.5 Å². The van der Waals surface area contributed by atoms with Crippen LogP contribution >= 0.6 is 0 Å². The second-order valence-corrected chi connectivity index (χ2v) is 11.4. The van der Waals surface area contributed by atoms with Crippen LogP contribution in [0.5, 0.6) is 0 Å². The van der Waals surface area contributed by atoms with Gasteiger partial charge in [0.15, 0.2) is 11.5 Å². The maximum atomic E-state index is 15.0. The normalized spacial score (nSPS) is 13.1. The Hall–Kier alpha value is -4.89. The first-order valence-corrected chi connectivity index (χ1v) is 15.3.